The summed E-state index contributed by atoms with van der Waals surface area (Å²) in [4.78, 5) is 14.3. The Morgan fingerprint density at radius 2 is 2.00 bits per heavy atom. The van der Waals surface area contributed by atoms with Gasteiger partial charge in [-0.3, -0.25) is 4.79 Å². The van der Waals surface area contributed by atoms with Crippen molar-refractivity contribution in [2.75, 3.05) is 19.4 Å². The maximum atomic E-state index is 12.5. The first-order valence-corrected chi connectivity index (χ1v) is 9.95. The smallest absolute Gasteiger partial charge is 0.306 e. The van der Waals surface area contributed by atoms with Crippen LogP contribution in [-0.2, 0) is 26.2 Å². The van der Waals surface area contributed by atoms with E-state index in [1.54, 1.807) is 24.3 Å². The van der Waals surface area contributed by atoms with Crippen LogP contribution in [0.1, 0.15) is 32.3 Å². The van der Waals surface area contributed by atoms with E-state index in [-0.39, 0.29) is 23.7 Å². The Hall–Kier alpha value is -1.60. The summed E-state index contributed by atoms with van der Waals surface area (Å²) in [5.74, 6) is 0.267. The molecule has 7 heteroatoms. The van der Waals surface area contributed by atoms with Crippen molar-refractivity contribution < 1.29 is 22.1 Å². The highest BCUT2D eigenvalue weighted by atomic mass is 32.2. The fourth-order valence-corrected chi connectivity index (χ4v) is 3.14. The van der Waals surface area contributed by atoms with Crippen LogP contribution in [0.5, 0.6) is 5.75 Å². The normalized spacial score (nSPS) is 17.9. The van der Waals surface area contributed by atoms with Gasteiger partial charge in [-0.2, -0.15) is 8.42 Å². The molecule has 0 spiro atoms. The molecule has 1 heterocycles. The Morgan fingerprint density at radius 1 is 1.33 bits per heavy atom. The number of ether oxygens (including phenoxy) is 1. The lowest BCUT2D eigenvalue weighted by molar-refractivity contribution is -0.136. The van der Waals surface area contributed by atoms with Crippen molar-refractivity contribution in [3.8, 4) is 5.75 Å². The second-order valence-corrected chi connectivity index (χ2v) is 8.01. The van der Waals surface area contributed by atoms with Gasteiger partial charge in [0.25, 0.3) is 0 Å². The van der Waals surface area contributed by atoms with Gasteiger partial charge in [-0.1, -0.05) is 26.0 Å². The largest absolute Gasteiger partial charge is 0.383 e. The number of rotatable bonds is 7. The third kappa shape index (κ3) is 5.79. The molecule has 134 valence electrons. The van der Waals surface area contributed by atoms with Gasteiger partial charge < -0.3 is 13.8 Å². The van der Waals surface area contributed by atoms with Crippen molar-refractivity contribution in [1.82, 2.24) is 4.90 Å². The van der Waals surface area contributed by atoms with Crippen LogP contribution < -0.4 is 4.18 Å². The third-order valence-corrected chi connectivity index (χ3v) is 4.29. The summed E-state index contributed by atoms with van der Waals surface area (Å²) in [6.07, 6.45) is 3.11. The fraction of sp³-hybridized carbons (Fsp3) is 0.588. The Balaban J connectivity index is 2.06. The lowest BCUT2D eigenvalue weighted by Crippen LogP contribution is -2.39. The molecular weight excluding hydrogens is 330 g/mol. The van der Waals surface area contributed by atoms with Crippen LogP contribution in [0.15, 0.2) is 24.3 Å². The van der Waals surface area contributed by atoms with E-state index in [9.17, 15) is 13.2 Å². The predicted molar refractivity (Wildman–Crippen MR) is 91.1 cm³/mol. The zero-order valence-corrected chi connectivity index (χ0v) is 15.2. The summed E-state index contributed by atoms with van der Waals surface area (Å²) in [5, 5.41) is 0. The highest BCUT2D eigenvalue weighted by molar-refractivity contribution is 7.86. The molecule has 0 unspecified atom stereocenters. The van der Waals surface area contributed by atoms with Gasteiger partial charge in [0.05, 0.1) is 12.4 Å². The number of carbonyl (C=O) groups is 1. The number of benzene rings is 1. The predicted octanol–water partition coefficient (Wildman–Crippen LogP) is 2.19. The number of amides is 1. The van der Waals surface area contributed by atoms with E-state index in [1.807, 2.05) is 18.7 Å². The molecule has 1 amide bonds. The summed E-state index contributed by atoms with van der Waals surface area (Å²) >= 11 is 0. The zero-order chi connectivity index (χ0) is 17.7. The molecule has 1 aliphatic rings. The van der Waals surface area contributed by atoms with Gasteiger partial charge in [0, 0.05) is 25.6 Å². The number of carbonyl (C=O) groups excluding carboxylic acids is 1. The van der Waals surface area contributed by atoms with Gasteiger partial charge in [0.1, 0.15) is 5.75 Å². The first-order valence-electron chi connectivity index (χ1n) is 8.13. The molecule has 6 nitrogen and oxygen atoms in total. The van der Waals surface area contributed by atoms with Crippen molar-refractivity contribution in [3.63, 3.8) is 0 Å². The highest BCUT2D eigenvalue weighted by Gasteiger charge is 2.24. The van der Waals surface area contributed by atoms with E-state index in [2.05, 4.69) is 0 Å². The molecule has 24 heavy (non-hydrogen) atoms. The summed E-state index contributed by atoms with van der Waals surface area (Å²) in [7, 11) is -3.53. The highest BCUT2D eigenvalue weighted by Crippen LogP contribution is 2.19. The number of hydrogen-bond acceptors (Lipinski definition) is 5. The van der Waals surface area contributed by atoms with Gasteiger partial charge in [-0.05, 0) is 30.5 Å². The zero-order valence-electron chi connectivity index (χ0n) is 14.4. The van der Waals surface area contributed by atoms with Gasteiger partial charge in [0.15, 0.2) is 0 Å². The van der Waals surface area contributed by atoms with Crippen LogP contribution in [0.3, 0.4) is 0 Å². The van der Waals surface area contributed by atoms with Crippen molar-refractivity contribution in [1.29, 1.82) is 0 Å². The van der Waals surface area contributed by atoms with Crippen LogP contribution in [0.25, 0.3) is 0 Å². The molecule has 0 aliphatic carbocycles. The van der Waals surface area contributed by atoms with Crippen LogP contribution in [-0.4, -0.2) is 44.7 Å². The summed E-state index contributed by atoms with van der Waals surface area (Å²) < 4.78 is 32.7. The monoisotopic (exact) mass is 355 g/mol. The fourth-order valence-electron chi connectivity index (χ4n) is 2.68. The van der Waals surface area contributed by atoms with Crippen molar-refractivity contribution in [3.05, 3.63) is 29.8 Å². The molecular formula is C17H25NO5S. The maximum Gasteiger partial charge on any atom is 0.306 e. The Labute approximate surface area is 143 Å². The van der Waals surface area contributed by atoms with Crippen LogP contribution in [0.2, 0.25) is 0 Å². The van der Waals surface area contributed by atoms with E-state index in [1.165, 1.54) is 0 Å². The Bertz CT molecular complexity index is 648. The summed E-state index contributed by atoms with van der Waals surface area (Å²) in [6, 6.07) is 6.74. The van der Waals surface area contributed by atoms with Gasteiger partial charge in [-0.15, -0.1) is 0 Å². The number of hydrogen-bond donors (Lipinski definition) is 0. The minimum Gasteiger partial charge on any atom is -0.383 e. The molecule has 0 bridgehead atoms. The Morgan fingerprint density at radius 3 is 2.50 bits per heavy atom. The van der Waals surface area contributed by atoms with Crippen molar-refractivity contribution >= 4 is 16.0 Å². The molecule has 1 aliphatic heterocycles. The summed E-state index contributed by atoms with van der Waals surface area (Å²) in [6.45, 7) is 5.57. The standard InChI is InChI=1S/C17H25NO5S/c1-13(2)17(19)18(12-16-5-4-10-22-16)11-14-6-8-15(9-7-14)23-24(3,20)21/h6-9,13,16H,4-5,10-12H2,1-3H3/t16-/m0/s1. The van der Waals surface area contributed by atoms with Gasteiger partial charge >= 0.3 is 10.1 Å². The van der Waals surface area contributed by atoms with E-state index < -0.39 is 10.1 Å². The lowest BCUT2D eigenvalue weighted by atomic mass is 10.1. The molecule has 1 atom stereocenters. The minimum absolute atomic E-state index is 0.0840. The van der Waals surface area contributed by atoms with E-state index >= 15 is 0 Å². The molecule has 1 aromatic rings. The van der Waals surface area contributed by atoms with Crippen molar-refractivity contribution in [2.24, 2.45) is 5.92 Å². The molecule has 0 saturated carbocycles. The topological polar surface area (TPSA) is 72.9 Å². The van der Waals surface area contributed by atoms with E-state index in [0.717, 1.165) is 31.3 Å². The van der Waals surface area contributed by atoms with Crippen LogP contribution >= 0.6 is 0 Å². The third-order valence-electron chi connectivity index (χ3n) is 3.80. The molecule has 0 radical (unpaired) electrons. The van der Waals surface area contributed by atoms with E-state index in [0.29, 0.717) is 13.1 Å². The average molecular weight is 355 g/mol. The quantitative estimate of drug-likeness (QED) is 0.701. The van der Waals surface area contributed by atoms with E-state index in [4.69, 9.17) is 8.92 Å². The first-order chi connectivity index (χ1) is 11.2. The van der Waals surface area contributed by atoms with Crippen LogP contribution in [0, 0.1) is 5.92 Å². The second kappa shape index (κ2) is 7.98. The van der Waals surface area contributed by atoms with Gasteiger partial charge in [0.2, 0.25) is 5.91 Å². The average Bonchev–Trinajstić information content (AvgIpc) is 2.99. The Kier molecular flexibility index (Phi) is 6.23. The molecule has 1 fully saturated rings. The van der Waals surface area contributed by atoms with Crippen LogP contribution in [0.4, 0.5) is 0 Å². The van der Waals surface area contributed by atoms with Gasteiger partial charge in [-0.25, -0.2) is 0 Å². The number of nitrogens with zero attached hydrogens (tertiary/aromatic N) is 1. The molecule has 0 aromatic heterocycles. The SMILES string of the molecule is CC(C)C(=O)N(Cc1ccc(OS(C)(=O)=O)cc1)C[C@@H]1CCCO1. The molecule has 2 rings (SSSR count). The second-order valence-electron chi connectivity index (χ2n) is 6.44. The minimum atomic E-state index is -3.53. The first kappa shape index (κ1) is 18.7. The van der Waals surface area contributed by atoms with Crippen molar-refractivity contribution in [2.45, 2.75) is 39.3 Å². The molecule has 1 saturated heterocycles. The molecule has 1 aromatic carbocycles. The lowest BCUT2D eigenvalue weighted by Gasteiger charge is -2.27. The maximum absolute atomic E-state index is 12.5. The summed E-state index contributed by atoms with van der Waals surface area (Å²) in [5.41, 5.74) is 0.919. The molecule has 0 N–H and O–H groups in total.